The Kier molecular flexibility index (Phi) is 3.88. The highest BCUT2D eigenvalue weighted by Gasteiger charge is 2.11. The number of aryl methyl sites for hydroxylation is 2. The molecule has 108 valence electrons. The van der Waals surface area contributed by atoms with Gasteiger partial charge in [-0.25, -0.2) is 15.0 Å². The molecule has 0 aliphatic heterocycles. The van der Waals surface area contributed by atoms with Gasteiger partial charge in [0.05, 0.1) is 16.7 Å². The van der Waals surface area contributed by atoms with E-state index in [-0.39, 0.29) is 0 Å². The molecule has 0 aliphatic carbocycles. The van der Waals surface area contributed by atoms with Gasteiger partial charge in [0, 0.05) is 19.4 Å². The van der Waals surface area contributed by atoms with Crippen molar-refractivity contribution in [1.82, 2.24) is 19.5 Å². The molecule has 0 unspecified atom stereocenters. The normalized spacial score (nSPS) is 11.2. The topological polar surface area (TPSA) is 43.6 Å². The summed E-state index contributed by atoms with van der Waals surface area (Å²) in [5.41, 5.74) is 3.09. The van der Waals surface area contributed by atoms with E-state index in [9.17, 15) is 0 Å². The van der Waals surface area contributed by atoms with Crippen molar-refractivity contribution in [1.29, 1.82) is 0 Å². The number of hydrogen-bond acceptors (Lipinski definition) is 3. The zero-order valence-corrected chi connectivity index (χ0v) is 12.9. The Morgan fingerprint density at radius 2 is 1.90 bits per heavy atom. The fraction of sp³-hybridized carbons (Fsp3) is 0.312. The van der Waals surface area contributed by atoms with E-state index in [2.05, 4.69) is 27.5 Å². The molecule has 0 spiro atoms. The number of aromatic nitrogens is 4. The summed E-state index contributed by atoms with van der Waals surface area (Å²) in [5.74, 6) is 1.78. The third kappa shape index (κ3) is 2.76. The summed E-state index contributed by atoms with van der Waals surface area (Å²) in [4.78, 5) is 13.5. The maximum Gasteiger partial charge on any atom is 0.133 e. The Balaban J connectivity index is 2.03. The van der Waals surface area contributed by atoms with E-state index < -0.39 is 0 Å². The van der Waals surface area contributed by atoms with Crippen LogP contribution >= 0.6 is 11.6 Å². The molecule has 0 N–H and O–H groups in total. The molecule has 3 aromatic rings. The maximum absolute atomic E-state index is 6.07. The summed E-state index contributed by atoms with van der Waals surface area (Å²) in [6, 6.07) is 10.0. The Bertz CT molecular complexity index is 779. The first-order valence-electron chi connectivity index (χ1n) is 7.17. The van der Waals surface area contributed by atoms with Gasteiger partial charge in [-0.2, -0.15) is 0 Å². The van der Waals surface area contributed by atoms with E-state index >= 15 is 0 Å². The van der Waals surface area contributed by atoms with Gasteiger partial charge in [-0.1, -0.05) is 30.7 Å². The minimum absolute atomic E-state index is 0.496. The van der Waals surface area contributed by atoms with Gasteiger partial charge in [-0.05, 0) is 25.1 Å². The summed E-state index contributed by atoms with van der Waals surface area (Å²) < 4.78 is 2.22. The predicted octanol–water partition coefficient (Wildman–Crippen LogP) is 3.65. The number of halogens is 1. The smallest absolute Gasteiger partial charge is 0.133 e. The molecule has 0 aliphatic rings. The molecule has 5 heteroatoms. The number of benzene rings is 1. The van der Waals surface area contributed by atoms with E-state index in [0.29, 0.717) is 11.6 Å². The highest BCUT2D eigenvalue weighted by molar-refractivity contribution is 6.29. The molecule has 0 amide bonds. The average molecular weight is 301 g/mol. The number of imidazole rings is 1. The van der Waals surface area contributed by atoms with Crippen LogP contribution in [0.25, 0.3) is 11.0 Å². The van der Waals surface area contributed by atoms with Gasteiger partial charge in [0.2, 0.25) is 0 Å². The molecule has 3 rings (SSSR count). The SMILES string of the molecule is CCc1nc(Cl)cc(Cc2nc3ccccc3n2CC)n1. The van der Waals surface area contributed by atoms with Crippen molar-refractivity contribution in [3.63, 3.8) is 0 Å². The van der Waals surface area contributed by atoms with Crippen molar-refractivity contribution < 1.29 is 0 Å². The maximum atomic E-state index is 6.07. The molecule has 4 nitrogen and oxygen atoms in total. The lowest BCUT2D eigenvalue weighted by Crippen LogP contribution is -2.05. The van der Waals surface area contributed by atoms with Crippen molar-refractivity contribution in [2.45, 2.75) is 33.2 Å². The fourth-order valence-corrected chi connectivity index (χ4v) is 2.76. The lowest BCUT2D eigenvalue weighted by molar-refractivity contribution is 0.726. The highest BCUT2D eigenvalue weighted by Crippen LogP contribution is 2.19. The largest absolute Gasteiger partial charge is 0.328 e. The molecule has 0 fully saturated rings. The van der Waals surface area contributed by atoms with Gasteiger partial charge < -0.3 is 4.57 Å². The Morgan fingerprint density at radius 3 is 2.67 bits per heavy atom. The van der Waals surface area contributed by atoms with E-state index in [4.69, 9.17) is 16.6 Å². The fourth-order valence-electron chi connectivity index (χ4n) is 2.54. The molecule has 2 aromatic heterocycles. The van der Waals surface area contributed by atoms with Crippen molar-refractivity contribution >= 4 is 22.6 Å². The van der Waals surface area contributed by atoms with Crippen LogP contribution in [-0.4, -0.2) is 19.5 Å². The van der Waals surface area contributed by atoms with Crippen LogP contribution in [0.3, 0.4) is 0 Å². The quantitative estimate of drug-likeness (QED) is 0.691. The standard InChI is InChI=1S/C16H17ClN4/c1-3-15-18-11(9-14(17)20-15)10-16-19-12-7-5-6-8-13(12)21(16)4-2/h5-9H,3-4,10H2,1-2H3. The van der Waals surface area contributed by atoms with Crippen LogP contribution in [0.15, 0.2) is 30.3 Å². The van der Waals surface area contributed by atoms with Gasteiger partial charge in [-0.15, -0.1) is 0 Å². The Morgan fingerprint density at radius 1 is 1.10 bits per heavy atom. The second-order valence-electron chi connectivity index (χ2n) is 4.89. The Hall–Kier alpha value is -1.94. The highest BCUT2D eigenvalue weighted by atomic mass is 35.5. The lowest BCUT2D eigenvalue weighted by atomic mass is 10.2. The predicted molar refractivity (Wildman–Crippen MR) is 84.6 cm³/mol. The zero-order valence-electron chi connectivity index (χ0n) is 12.2. The van der Waals surface area contributed by atoms with Gasteiger partial charge in [0.15, 0.2) is 0 Å². The minimum Gasteiger partial charge on any atom is -0.328 e. The molecule has 0 bridgehead atoms. The van der Waals surface area contributed by atoms with E-state index in [1.807, 2.05) is 31.2 Å². The minimum atomic E-state index is 0.496. The van der Waals surface area contributed by atoms with Crippen LogP contribution in [-0.2, 0) is 19.4 Å². The third-order valence-corrected chi connectivity index (χ3v) is 3.69. The average Bonchev–Trinajstić information content (AvgIpc) is 2.83. The van der Waals surface area contributed by atoms with E-state index in [1.54, 1.807) is 0 Å². The van der Waals surface area contributed by atoms with Gasteiger partial charge in [0.1, 0.15) is 16.8 Å². The van der Waals surface area contributed by atoms with E-state index in [0.717, 1.165) is 41.3 Å². The van der Waals surface area contributed by atoms with E-state index in [1.165, 1.54) is 0 Å². The van der Waals surface area contributed by atoms with Crippen molar-refractivity contribution in [2.24, 2.45) is 0 Å². The molecular weight excluding hydrogens is 284 g/mol. The Labute approximate surface area is 128 Å². The van der Waals surface area contributed by atoms with Crippen LogP contribution in [0, 0.1) is 0 Å². The molecule has 1 aromatic carbocycles. The number of para-hydroxylation sites is 2. The van der Waals surface area contributed by atoms with Gasteiger partial charge >= 0.3 is 0 Å². The molecule has 0 atom stereocenters. The lowest BCUT2D eigenvalue weighted by Gasteiger charge is -2.07. The summed E-state index contributed by atoms with van der Waals surface area (Å²) in [5, 5.41) is 0.496. The monoisotopic (exact) mass is 300 g/mol. The molecule has 2 heterocycles. The summed E-state index contributed by atoms with van der Waals surface area (Å²) >= 11 is 6.07. The van der Waals surface area contributed by atoms with Crippen LogP contribution in [0.4, 0.5) is 0 Å². The van der Waals surface area contributed by atoms with Crippen LogP contribution < -0.4 is 0 Å². The third-order valence-electron chi connectivity index (χ3n) is 3.50. The first kappa shape index (κ1) is 14.0. The molecule has 21 heavy (non-hydrogen) atoms. The zero-order chi connectivity index (χ0) is 14.8. The molecule has 0 saturated heterocycles. The van der Waals surface area contributed by atoms with Crippen LogP contribution in [0.1, 0.15) is 31.2 Å². The summed E-state index contributed by atoms with van der Waals surface area (Å²) in [6.07, 6.45) is 1.44. The first-order chi connectivity index (χ1) is 10.2. The van der Waals surface area contributed by atoms with Gasteiger partial charge in [-0.3, -0.25) is 0 Å². The number of rotatable bonds is 4. The van der Waals surface area contributed by atoms with Crippen molar-refractivity contribution in [2.75, 3.05) is 0 Å². The van der Waals surface area contributed by atoms with Crippen LogP contribution in [0.2, 0.25) is 5.15 Å². The molecular formula is C16H17ClN4. The number of hydrogen-bond donors (Lipinski definition) is 0. The second kappa shape index (κ2) is 5.82. The number of nitrogens with zero attached hydrogens (tertiary/aromatic N) is 4. The first-order valence-corrected chi connectivity index (χ1v) is 7.55. The second-order valence-corrected chi connectivity index (χ2v) is 5.28. The summed E-state index contributed by atoms with van der Waals surface area (Å²) in [7, 11) is 0. The molecule has 0 radical (unpaired) electrons. The van der Waals surface area contributed by atoms with Crippen molar-refractivity contribution in [3.05, 3.63) is 52.8 Å². The number of fused-ring (bicyclic) bond motifs is 1. The van der Waals surface area contributed by atoms with Gasteiger partial charge in [0.25, 0.3) is 0 Å². The molecule has 0 saturated carbocycles. The summed E-state index contributed by atoms with van der Waals surface area (Å²) in [6.45, 7) is 5.04. The van der Waals surface area contributed by atoms with Crippen LogP contribution in [0.5, 0.6) is 0 Å². The van der Waals surface area contributed by atoms with Crippen molar-refractivity contribution in [3.8, 4) is 0 Å².